The molecule has 1 aliphatic heterocycles. The van der Waals surface area contributed by atoms with Gasteiger partial charge in [-0.3, -0.25) is 24.1 Å². The summed E-state index contributed by atoms with van der Waals surface area (Å²) < 4.78 is 9.19. The lowest BCUT2D eigenvalue weighted by atomic mass is 9.55. The van der Waals surface area contributed by atoms with Crippen LogP contribution >= 0.6 is 31.9 Å². The topological polar surface area (TPSA) is 90.0 Å². The van der Waals surface area contributed by atoms with Crippen LogP contribution < -0.4 is 0 Å². The molecule has 0 N–H and O–H groups in total. The van der Waals surface area contributed by atoms with Crippen molar-refractivity contribution in [2.75, 3.05) is 13.2 Å². The highest BCUT2D eigenvalue weighted by Gasteiger charge is 2.61. The van der Waals surface area contributed by atoms with Crippen LogP contribution in [-0.4, -0.2) is 50.5 Å². The van der Waals surface area contributed by atoms with Gasteiger partial charge in [-0.25, -0.2) is 0 Å². The number of halogens is 2. The highest BCUT2D eigenvalue weighted by Crippen LogP contribution is 2.61. The highest BCUT2D eigenvalue weighted by molar-refractivity contribution is 9.10. The van der Waals surface area contributed by atoms with Crippen molar-refractivity contribution in [3.63, 3.8) is 0 Å². The molecular formula is C29H29Br2NO6. The molecule has 200 valence electrons. The molecule has 1 fully saturated rings. The van der Waals surface area contributed by atoms with E-state index >= 15 is 0 Å². The monoisotopic (exact) mass is 645 g/mol. The number of nitrogens with zero attached hydrogens (tertiary/aromatic N) is 1. The number of carbonyl (C=O) groups is 4. The molecule has 0 spiro atoms. The molecule has 0 radical (unpaired) electrons. The lowest BCUT2D eigenvalue weighted by Gasteiger charge is -2.46. The molecule has 1 heterocycles. The molecule has 38 heavy (non-hydrogen) atoms. The molecule has 6 rings (SSSR count). The Balaban J connectivity index is 1.45. The Morgan fingerprint density at radius 2 is 1.29 bits per heavy atom. The number of imide groups is 1. The minimum absolute atomic E-state index is 0.0230. The van der Waals surface area contributed by atoms with E-state index in [0.717, 1.165) is 27.8 Å². The molecule has 2 aromatic rings. The van der Waals surface area contributed by atoms with E-state index in [1.807, 2.05) is 42.5 Å². The van der Waals surface area contributed by atoms with Crippen molar-refractivity contribution < 1.29 is 28.7 Å². The summed E-state index contributed by atoms with van der Waals surface area (Å²) in [5, 5.41) is 0. The SMILES string of the molecule is CC(C)(Br)C(=O)OCCN1C(=O)C2C3c4ccccc4C(c4cc(COC(=O)C(C)(C)Br)ccc43)C2C1=O. The summed E-state index contributed by atoms with van der Waals surface area (Å²) in [7, 11) is 0. The highest BCUT2D eigenvalue weighted by atomic mass is 79.9. The molecule has 1 saturated heterocycles. The largest absolute Gasteiger partial charge is 0.463 e. The molecule has 7 nitrogen and oxygen atoms in total. The minimum Gasteiger partial charge on any atom is -0.463 e. The molecule has 0 saturated carbocycles. The van der Waals surface area contributed by atoms with E-state index in [4.69, 9.17) is 9.47 Å². The summed E-state index contributed by atoms with van der Waals surface area (Å²) in [6, 6.07) is 13.9. The average Bonchev–Trinajstić information content (AvgIpc) is 3.11. The Hall–Kier alpha value is -2.52. The lowest BCUT2D eigenvalue weighted by molar-refractivity contribution is -0.149. The summed E-state index contributed by atoms with van der Waals surface area (Å²) in [4.78, 5) is 53.1. The van der Waals surface area contributed by atoms with Gasteiger partial charge in [-0.2, -0.15) is 0 Å². The van der Waals surface area contributed by atoms with Gasteiger partial charge in [-0.05, 0) is 55.5 Å². The molecule has 4 unspecified atom stereocenters. The summed E-state index contributed by atoms with van der Waals surface area (Å²) >= 11 is 6.60. The standard InChI is InChI=1S/C29H29Br2NO6/c1-28(2,30)26(35)37-12-11-32-24(33)22-20-16-7-5-6-8-17(16)21(23(22)25(32)34)19-13-15(9-10-18(19)20)14-38-27(36)29(3,4)31/h5-10,13,20-23H,11-12,14H2,1-4H3. The fourth-order valence-electron chi connectivity index (χ4n) is 5.87. The summed E-state index contributed by atoms with van der Waals surface area (Å²) in [5.41, 5.74) is 4.98. The number of hydrogen-bond donors (Lipinski definition) is 0. The van der Waals surface area contributed by atoms with E-state index < -0.39 is 26.5 Å². The van der Waals surface area contributed by atoms with Gasteiger partial charge in [0.2, 0.25) is 11.8 Å². The fourth-order valence-corrected chi connectivity index (χ4v) is 6.10. The molecule has 2 amide bonds. The van der Waals surface area contributed by atoms with Gasteiger partial charge in [-0.1, -0.05) is 74.3 Å². The Morgan fingerprint density at radius 1 is 0.789 bits per heavy atom. The van der Waals surface area contributed by atoms with Crippen LogP contribution in [0.4, 0.5) is 0 Å². The fraction of sp³-hybridized carbons (Fsp3) is 0.448. The predicted octanol–water partition coefficient (Wildman–Crippen LogP) is 4.81. The molecule has 2 aromatic carbocycles. The number of esters is 2. The molecule has 3 aliphatic carbocycles. The lowest BCUT2D eigenvalue weighted by Crippen LogP contribution is -2.41. The Bertz CT molecular complexity index is 1340. The molecule has 4 atom stereocenters. The van der Waals surface area contributed by atoms with Crippen molar-refractivity contribution in [2.24, 2.45) is 11.8 Å². The second-order valence-electron chi connectivity index (χ2n) is 11.1. The van der Waals surface area contributed by atoms with Gasteiger partial charge in [0.1, 0.15) is 21.9 Å². The van der Waals surface area contributed by atoms with E-state index in [1.165, 1.54) is 4.90 Å². The van der Waals surface area contributed by atoms with Gasteiger partial charge in [0.25, 0.3) is 0 Å². The van der Waals surface area contributed by atoms with Crippen LogP contribution in [0.25, 0.3) is 0 Å². The zero-order chi connectivity index (χ0) is 27.6. The number of rotatable bonds is 7. The van der Waals surface area contributed by atoms with Crippen LogP contribution in [0.1, 0.15) is 67.3 Å². The van der Waals surface area contributed by atoms with Crippen LogP contribution in [0.2, 0.25) is 0 Å². The minimum atomic E-state index is -0.849. The first kappa shape index (κ1) is 27.1. The normalized spacial score (nSPS) is 23.6. The van der Waals surface area contributed by atoms with E-state index in [9.17, 15) is 19.2 Å². The third kappa shape index (κ3) is 4.51. The molecule has 0 aromatic heterocycles. The first-order valence-corrected chi connectivity index (χ1v) is 14.2. The van der Waals surface area contributed by atoms with Crippen molar-refractivity contribution in [1.82, 2.24) is 4.90 Å². The van der Waals surface area contributed by atoms with Crippen LogP contribution in [-0.2, 0) is 35.3 Å². The maximum atomic E-state index is 13.7. The second-order valence-corrected chi connectivity index (χ2v) is 15.0. The predicted molar refractivity (Wildman–Crippen MR) is 147 cm³/mol. The van der Waals surface area contributed by atoms with Crippen molar-refractivity contribution in [1.29, 1.82) is 0 Å². The van der Waals surface area contributed by atoms with Crippen molar-refractivity contribution in [3.8, 4) is 0 Å². The smallest absolute Gasteiger partial charge is 0.322 e. The third-order valence-electron chi connectivity index (χ3n) is 7.58. The average molecular weight is 647 g/mol. The van der Waals surface area contributed by atoms with E-state index in [2.05, 4.69) is 31.9 Å². The molecular weight excluding hydrogens is 618 g/mol. The number of amides is 2. The number of likely N-dealkylation sites (tertiary alicyclic amines) is 1. The van der Waals surface area contributed by atoms with Crippen molar-refractivity contribution >= 4 is 55.6 Å². The summed E-state index contributed by atoms with van der Waals surface area (Å²) in [6.07, 6.45) is 0. The van der Waals surface area contributed by atoms with E-state index in [-0.39, 0.29) is 49.4 Å². The molecule has 4 aliphatic rings. The quantitative estimate of drug-likeness (QED) is 0.244. The van der Waals surface area contributed by atoms with Gasteiger partial charge in [-0.15, -0.1) is 0 Å². The maximum Gasteiger partial charge on any atom is 0.322 e. The number of benzene rings is 2. The number of carbonyl (C=O) groups excluding carboxylic acids is 4. The summed E-state index contributed by atoms with van der Waals surface area (Å²) in [5.74, 6) is -2.84. The van der Waals surface area contributed by atoms with E-state index in [1.54, 1.807) is 27.7 Å². The third-order valence-corrected chi connectivity index (χ3v) is 8.23. The Kier molecular flexibility index (Phi) is 6.83. The molecule has 2 bridgehead atoms. The van der Waals surface area contributed by atoms with Crippen LogP contribution in [0.5, 0.6) is 0 Å². The first-order valence-electron chi connectivity index (χ1n) is 12.6. The van der Waals surface area contributed by atoms with Crippen LogP contribution in [0, 0.1) is 11.8 Å². The van der Waals surface area contributed by atoms with Gasteiger partial charge < -0.3 is 9.47 Å². The van der Waals surface area contributed by atoms with E-state index in [0.29, 0.717) is 0 Å². The van der Waals surface area contributed by atoms with Gasteiger partial charge in [0.05, 0.1) is 18.4 Å². The number of hydrogen-bond acceptors (Lipinski definition) is 6. The first-order chi connectivity index (χ1) is 17.8. The number of ether oxygens (including phenoxy) is 2. The van der Waals surface area contributed by atoms with Gasteiger partial charge in [0, 0.05) is 11.8 Å². The zero-order valence-electron chi connectivity index (χ0n) is 21.6. The van der Waals surface area contributed by atoms with Crippen LogP contribution in [0.3, 0.4) is 0 Å². The maximum absolute atomic E-state index is 13.7. The van der Waals surface area contributed by atoms with Gasteiger partial charge >= 0.3 is 11.9 Å². The van der Waals surface area contributed by atoms with Crippen LogP contribution in [0.15, 0.2) is 42.5 Å². The number of alkyl halides is 2. The van der Waals surface area contributed by atoms with Crippen molar-refractivity contribution in [3.05, 3.63) is 70.3 Å². The van der Waals surface area contributed by atoms with Gasteiger partial charge in [0.15, 0.2) is 0 Å². The Morgan fingerprint density at radius 3 is 1.84 bits per heavy atom. The molecule has 9 heteroatoms. The Labute approximate surface area is 238 Å². The second kappa shape index (κ2) is 9.59. The summed E-state index contributed by atoms with van der Waals surface area (Å²) in [6.45, 7) is 6.90. The zero-order valence-corrected chi connectivity index (χ0v) is 24.8. The van der Waals surface area contributed by atoms with Crippen molar-refractivity contribution in [2.45, 2.75) is 54.8 Å².